The van der Waals surface area contributed by atoms with Crippen LogP contribution >= 0.6 is 0 Å². The SMILES string of the molecule is CCC(C)(C)C(=O)Oc1ccc(O)cc1.CCC(C)(C)C(=O)Oc1cccc(O)c1.CCC(C)C(=O)Oc1ccc(O)cc1.CCC(C)C(=O)Oc1cccc(O)c1. The monoisotopic (exact) mass is 804 g/mol. The van der Waals surface area contributed by atoms with Crippen molar-refractivity contribution in [1.29, 1.82) is 0 Å². The van der Waals surface area contributed by atoms with Crippen LogP contribution in [0.15, 0.2) is 97.1 Å². The fourth-order valence-corrected chi connectivity index (χ4v) is 3.67. The molecule has 4 rings (SSSR count). The van der Waals surface area contributed by atoms with Crippen molar-refractivity contribution >= 4 is 23.9 Å². The average molecular weight is 805 g/mol. The third-order valence-electron chi connectivity index (χ3n) is 9.07. The number of hydrogen-bond acceptors (Lipinski definition) is 12. The molecule has 0 aliphatic heterocycles. The van der Waals surface area contributed by atoms with Gasteiger partial charge in [-0.2, -0.15) is 0 Å². The van der Waals surface area contributed by atoms with Crippen LogP contribution in [-0.4, -0.2) is 44.3 Å². The van der Waals surface area contributed by atoms with Gasteiger partial charge >= 0.3 is 23.9 Å². The third-order valence-corrected chi connectivity index (χ3v) is 9.07. The van der Waals surface area contributed by atoms with Crippen LogP contribution in [0.4, 0.5) is 0 Å². The molecule has 0 amide bonds. The van der Waals surface area contributed by atoms with E-state index in [1.54, 1.807) is 48.5 Å². The molecule has 2 atom stereocenters. The highest BCUT2D eigenvalue weighted by Gasteiger charge is 2.28. The van der Waals surface area contributed by atoms with Crippen molar-refractivity contribution in [3.05, 3.63) is 97.1 Å². The molecular formula is C46H60O12. The topological polar surface area (TPSA) is 186 Å². The molecule has 0 saturated heterocycles. The number of ether oxygens (including phenoxy) is 4. The van der Waals surface area contributed by atoms with Gasteiger partial charge < -0.3 is 39.4 Å². The number of aromatic hydroxyl groups is 4. The van der Waals surface area contributed by atoms with Crippen LogP contribution in [0.1, 0.15) is 94.9 Å². The first kappa shape index (κ1) is 50.0. The van der Waals surface area contributed by atoms with Crippen LogP contribution in [0.2, 0.25) is 0 Å². The van der Waals surface area contributed by atoms with Gasteiger partial charge in [0.05, 0.1) is 22.7 Å². The predicted octanol–water partition coefficient (Wildman–Crippen LogP) is 10.2. The molecule has 58 heavy (non-hydrogen) atoms. The predicted molar refractivity (Wildman–Crippen MR) is 222 cm³/mol. The van der Waals surface area contributed by atoms with Gasteiger partial charge in [0.15, 0.2) is 0 Å². The second kappa shape index (κ2) is 24.6. The van der Waals surface area contributed by atoms with Crippen LogP contribution in [0, 0.1) is 22.7 Å². The van der Waals surface area contributed by atoms with Gasteiger partial charge in [-0.3, -0.25) is 19.2 Å². The van der Waals surface area contributed by atoms with Crippen molar-refractivity contribution in [1.82, 2.24) is 0 Å². The molecule has 12 nitrogen and oxygen atoms in total. The molecule has 0 aromatic heterocycles. The Labute approximate surface area is 342 Å². The first-order valence-electron chi connectivity index (χ1n) is 19.2. The molecule has 0 bridgehead atoms. The van der Waals surface area contributed by atoms with E-state index in [4.69, 9.17) is 34.3 Å². The lowest BCUT2D eigenvalue weighted by Gasteiger charge is -2.19. The minimum atomic E-state index is -0.495. The Hall–Kier alpha value is -6.04. The van der Waals surface area contributed by atoms with Crippen molar-refractivity contribution in [3.8, 4) is 46.0 Å². The second-order valence-corrected chi connectivity index (χ2v) is 14.7. The average Bonchev–Trinajstić information content (AvgIpc) is 3.19. The summed E-state index contributed by atoms with van der Waals surface area (Å²) in [5.41, 5.74) is -0.969. The maximum absolute atomic E-state index is 11.7. The zero-order chi connectivity index (χ0) is 44.1. The summed E-state index contributed by atoms with van der Waals surface area (Å²) in [4.78, 5) is 46.0. The summed E-state index contributed by atoms with van der Waals surface area (Å²) in [5.74, 6) is 0.944. The summed E-state index contributed by atoms with van der Waals surface area (Å²) < 4.78 is 20.4. The number of benzene rings is 4. The van der Waals surface area contributed by atoms with Gasteiger partial charge in [-0.05, 0) is 126 Å². The second-order valence-electron chi connectivity index (χ2n) is 14.7. The summed E-state index contributed by atoms with van der Waals surface area (Å²) in [6, 6.07) is 24.7. The number of hydrogen-bond donors (Lipinski definition) is 4. The van der Waals surface area contributed by atoms with E-state index in [-0.39, 0.29) is 58.7 Å². The highest BCUT2D eigenvalue weighted by Crippen LogP contribution is 2.26. The molecule has 0 fully saturated rings. The Kier molecular flexibility index (Phi) is 21.2. The quantitative estimate of drug-likeness (QED) is 0.0785. The summed E-state index contributed by atoms with van der Waals surface area (Å²) >= 11 is 0. The molecule has 4 N–H and O–H groups in total. The summed E-state index contributed by atoms with van der Waals surface area (Å²) in [6.07, 6.45) is 2.95. The molecule has 316 valence electrons. The first-order valence-corrected chi connectivity index (χ1v) is 19.2. The van der Waals surface area contributed by atoms with Crippen LogP contribution in [-0.2, 0) is 19.2 Å². The molecule has 12 heteroatoms. The van der Waals surface area contributed by atoms with Gasteiger partial charge in [0, 0.05) is 12.1 Å². The highest BCUT2D eigenvalue weighted by molar-refractivity contribution is 5.79. The van der Waals surface area contributed by atoms with Gasteiger partial charge in [-0.1, -0.05) is 53.7 Å². The van der Waals surface area contributed by atoms with Crippen molar-refractivity contribution in [3.63, 3.8) is 0 Å². The number of rotatable bonds is 12. The van der Waals surface area contributed by atoms with Gasteiger partial charge in [0.1, 0.15) is 46.0 Å². The smallest absolute Gasteiger partial charge is 0.316 e. The third kappa shape index (κ3) is 18.7. The molecule has 4 aromatic carbocycles. The molecular weight excluding hydrogens is 744 g/mol. The first-order chi connectivity index (χ1) is 27.2. The molecule has 4 aromatic rings. The number of carbonyl (C=O) groups excluding carboxylic acids is 4. The molecule has 0 heterocycles. The van der Waals surface area contributed by atoms with E-state index in [0.717, 1.165) is 19.3 Å². The Morgan fingerprint density at radius 1 is 0.466 bits per heavy atom. The fraction of sp³-hybridized carbons (Fsp3) is 0.391. The standard InChI is InChI=1S/2C12H16O3.2C11H14O3/c1-4-12(2,3)11(14)15-10-7-5-9(13)6-8-10;1-4-12(2,3)11(14)15-10-7-5-6-9(13)8-10;1-3-8(2)11(13)14-10-6-4-9(12)5-7-10;1-3-8(2)11(13)14-10-6-4-5-9(12)7-10/h2*5-8,13H,4H2,1-3H3;2*4-8,12H,3H2,1-2H3. The Bertz CT molecular complexity index is 1860. The van der Waals surface area contributed by atoms with Crippen LogP contribution in [0.25, 0.3) is 0 Å². The molecule has 0 spiro atoms. The zero-order valence-electron chi connectivity index (χ0n) is 35.3. The lowest BCUT2D eigenvalue weighted by Crippen LogP contribution is -2.28. The lowest BCUT2D eigenvalue weighted by molar-refractivity contribution is -0.144. The molecule has 0 radical (unpaired) electrons. The van der Waals surface area contributed by atoms with Gasteiger partial charge in [-0.25, -0.2) is 0 Å². The summed E-state index contributed by atoms with van der Waals surface area (Å²) in [6.45, 7) is 18.7. The van der Waals surface area contributed by atoms with Crippen LogP contribution < -0.4 is 18.9 Å². The maximum atomic E-state index is 11.7. The minimum Gasteiger partial charge on any atom is -0.508 e. The highest BCUT2D eigenvalue weighted by atomic mass is 16.5. The lowest BCUT2D eigenvalue weighted by atomic mass is 9.91. The van der Waals surface area contributed by atoms with Crippen molar-refractivity contribution in [2.45, 2.75) is 94.9 Å². The Morgan fingerprint density at radius 3 is 1.10 bits per heavy atom. The van der Waals surface area contributed by atoms with E-state index in [9.17, 15) is 24.3 Å². The van der Waals surface area contributed by atoms with Crippen molar-refractivity contribution in [2.75, 3.05) is 0 Å². The fourth-order valence-electron chi connectivity index (χ4n) is 3.67. The van der Waals surface area contributed by atoms with Gasteiger partial charge in [0.2, 0.25) is 0 Å². The normalized spacial score (nSPS) is 11.6. The molecule has 0 saturated carbocycles. The van der Waals surface area contributed by atoms with E-state index < -0.39 is 10.8 Å². The number of phenols is 4. The van der Waals surface area contributed by atoms with Gasteiger partial charge in [-0.15, -0.1) is 0 Å². The van der Waals surface area contributed by atoms with Crippen molar-refractivity contribution < 1.29 is 58.6 Å². The zero-order valence-corrected chi connectivity index (χ0v) is 35.3. The number of esters is 4. The van der Waals surface area contributed by atoms with Crippen LogP contribution in [0.5, 0.6) is 46.0 Å². The van der Waals surface area contributed by atoms with Gasteiger partial charge in [0.25, 0.3) is 0 Å². The van der Waals surface area contributed by atoms with E-state index >= 15 is 0 Å². The van der Waals surface area contributed by atoms with E-state index in [0.29, 0.717) is 29.4 Å². The van der Waals surface area contributed by atoms with Crippen molar-refractivity contribution in [2.24, 2.45) is 22.7 Å². The minimum absolute atomic E-state index is 0.0922. The van der Waals surface area contributed by atoms with Crippen LogP contribution in [0.3, 0.4) is 0 Å². The molecule has 0 aliphatic carbocycles. The Balaban J connectivity index is 0.000000387. The maximum Gasteiger partial charge on any atom is 0.316 e. The summed E-state index contributed by atoms with van der Waals surface area (Å²) in [5, 5.41) is 36.4. The molecule has 2 unspecified atom stereocenters. The molecule has 0 aliphatic rings. The van der Waals surface area contributed by atoms with E-state index in [1.807, 2.05) is 69.2 Å². The Morgan fingerprint density at radius 2 is 0.776 bits per heavy atom. The number of phenolic OH excluding ortho intramolecular Hbond substituents is 4. The van der Waals surface area contributed by atoms with E-state index in [1.165, 1.54) is 48.5 Å². The number of carbonyl (C=O) groups is 4. The van der Waals surface area contributed by atoms with E-state index in [2.05, 4.69) is 0 Å². The summed E-state index contributed by atoms with van der Waals surface area (Å²) in [7, 11) is 0. The largest absolute Gasteiger partial charge is 0.508 e.